The van der Waals surface area contributed by atoms with Crippen LogP contribution >= 0.6 is 11.3 Å². The summed E-state index contributed by atoms with van der Waals surface area (Å²) in [5, 5.41) is 1.07. The smallest absolute Gasteiger partial charge is 0.305 e. The zero-order chi connectivity index (χ0) is 22.2. The highest BCUT2D eigenvalue weighted by molar-refractivity contribution is 7.18. The van der Waals surface area contributed by atoms with E-state index in [1.807, 2.05) is 48.5 Å². The number of hydrogen-bond donors (Lipinski definition) is 2. The predicted molar refractivity (Wildman–Crippen MR) is 122 cm³/mol. The standard InChI is InChI=1S/C24H23N3O4S/c28-22(12-6-7-13-23-25-19-10-4-5-11-21(19)32-23)26-27-24(29)20-15-14-18(31-20)16-30-17-8-2-1-3-9-17/h1-5,8-11,14-15H,6-7,12-13,16H2,(H,26,28)(H,27,29). The Balaban J connectivity index is 1.14. The van der Waals surface area contributed by atoms with E-state index in [0.29, 0.717) is 24.4 Å². The molecule has 0 unspecified atom stereocenters. The van der Waals surface area contributed by atoms with Gasteiger partial charge in [-0.2, -0.15) is 0 Å². The number of amides is 2. The van der Waals surface area contributed by atoms with E-state index in [4.69, 9.17) is 9.15 Å². The van der Waals surface area contributed by atoms with Crippen molar-refractivity contribution in [2.45, 2.75) is 32.3 Å². The van der Waals surface area contributed by atoms with Gasteiger partial charge in [0.15, 0.2) is 5.76 Å². The van der Waals surface area contributed by atoms with Gasteiger partial charge in [0.1, 0.15) is 18.1 Å². The lowest BCUT2D eigenvalue weighted by atomic mass is 10.2. The molecule has 164 valence electrons. The summed E-state index contributed by atoms with van der Waals surface area (Å²) in [6.45, 7) is 0.207. The van der Waals surface area contributed by atoms with Gasteiger partial charge in [-0.3, -0.25) is 20.4 Å². The highest BCUT2D eigenvalue weighted by atomic mass is 32.1. The van der Waals surface area contributed by atoms with Crippen LogP contribution in [0.3, 0.4) is 0 Å². The summed E-state index contributed by atoms with van der Waals surface area (Å²) in [7, 11) is 0. The number of furan rings is 1. The third-order valence-corrected chi connectivity index (χ3v) is 5.80. The zero-order valence-corrected chi connectivity index (χ0v) is 18.2. The molecule has 0 aliphatic carbocycles. The number of aromatic nitrogens is 1. The van der Waals surface area contributed by atoms with Gasteiger partial charge in [-0.05, 0) is 55.7 Å². The SMILES string of the molecule is O=C(CCCCc1nc2ccccc2s1)NNC(=O)c1ccc(COc2ccccc2)o1. The predicted octanol–water partition coefficient (Wildman–Crippen LogP) is 4.64. The first kappa shape index (κ1) is 21.6. The quantitative estimate of drug-likeness (QED) is 0.287. The van der Waals surface area contributed by atoms with Crippen molar-refractivity contribution >= 4 is 33.4 Å². The molecule has 2 heterocycles. The third kappa shape index (κ3) is 5.95. The van der Waals surface area contributed by atoms with Crippen LogP contribution in [-0.2, 0) is 17.8 Å². The number of hydrazine groups is 1. The third-order valence-electron chi connectivity index (χ3n) is 4.71. The molecule has 7 nitrogen and oxygen atoms in total. The molecule has 0 saturated heterocycles. The molecule has 2 aromatic carbocycles. The summed E-state index contributed by atoms with van der Waals surface area (Å²) in [6.07, 6.45) is 2.71. The minimum Gasteiger partial charge on any atom is -0.486 e. The average molecular weight is 450 g/mol. The van der Waals surface area contributed by atoms with Gasteiger partial charge in [-0.25, -0.2) is 4.98 Å². The minimum absolute atomic E-state index is 0.104. The Morgan fingerprint density at radius 3 is 2.59 bits per heavy atom. The molecule has 32 heavy (non-hydrogen) atoms. The maximum Gasteiger partial charge on any atom is 0.305 e. The van der Waals surface area contributed by atoms with Gasteiger partial charge in [0.05, 0.1) is 15.2 Å². The van der Waals surface area contributed by atoms with Crippen molar-refractivity contribution < 1.29 is 18.7 Å². The summed E-state index contributed by atoms with van der Waals surface area (Å²) in [4.78, 5) is 28.8. The fraction of sp³-hybridized carbons (Fsp3) is 0.208. The second-order valence-corrected chi connectivity index (χ2v) is 8.27. The molecule has 0 aliphatic rings. The lowest BCUT2D eigenvalue weighted by molar-refractivity contribution is -0.122. The highest BCUT2D eigenvalue weighted by Gasteiger charge is 2.13. The minimum atomic E-state index is -0.515. The van der Waals surface area contributed by atoms with Crippen LogP contribution in [0.4, 0.5) is 0 Å². The van der Waals surface area contributed by atoms with Gasteiger partial charge >= 0.3 is 5.91 Å². The van der Waals surface area contributed by atoms with E-state index in [2.05, 4.69) is 21.9 Å². The number of thiazole rings is 1. The number of nitrogens with one attached hydrogen (secondary N) is 2. The molecule has 0 fully saturated rings. The molecule has 0 radical (unpaired) electrons. The monoisotopic (exact) mass is 449 g/mol. The number of aryl methyl sites for hydroxylation is 1. The molecule has 2 amide bonds. The fourth-order valence-corrected chi connectivity index (χ4v) is 4.10. The average Bonchev–Trinajstić information content (AvgIpc) is 3.46. The fourth-order valence-electron chi connectivity index (χ4n) is 3.09. The van der Waals surface area contributed by atoms with Crippen LogP contribution in [0, 0.1) is 0 Å². The van der Waals surface area contributed by atoms with Crippen LogP contribution in [0.15, 0.2) is 71.1 Å². The molecular weight excluding hydrogens is 426 g/mol. The van der Waals surface area contributed by atoms with Crippen LogP contribution in [0.2, 0.25) is 0 Å². The van der Waals surface area contributed by atoms with Gasteiger partial charge in [0.2, 0.25) is 5.91 Å². The number of carbonyl (C=O) groups excluding carboxylic acids is 2. The van der Waals surface area contributed by atoms with Crippen molar-refractivity contribution in [1.82, 2.24) is 15.8 Å². The van der Waals surface area contributed by atoms with Gasteiger partial charge in [0, 0.05) is 6.42 Å². The number of nitrogens with zero attached hydrogens (tertiary/aromatic N) is 1. The maximum absolute atomic E-state index is 12.2. The van der Waals surface area contributed by atoms with E-state index in [1.165, 1.54) is 4.70 Å². The van der Waals surface area contributed by atoms with Crippen molar-refractivity contribution in [2.24, 2.45) is 0 Å². The number of benzene rings is 2. The summed E-state index contributed by atoms with van der Waals surface area (Å²) < 4.78 is 12.2. The molecule has 4 aromatic rings. The molecule has 0 spiro atoms. The number of carbonyl (C=O) groups is 2. The first-order valence-corrected chi connectivity index (χ1v) is 11.2. The topological polar surface area (TPSA) is 93.5 Å². The van der Waals surface area contributed by atoms with Crippen LogP contribution < -0.4 is 15.6 Å². The molecule has 2 N–H and O–H groups in total. The normalized spacial score (nSPS) is 10.8. The van der Waals surface area contributed by atoms with E-state index in [1.54, 1.807) is 23.5 Å². The lowest BCUT2D eigenvalue weighted by Crippen LogP contribution is -2.41. The van der Waals surface area contributed by atoms with E-state index in [9.17, 15) is 9.59 Å². The number of rotatable bonds is 9. The van der Waals surface area contributed by atoms with E-state index in [0.717, 1.165) is 23.4 Å². The molecule has 8 heteroatoms. The Morgan fingerprint density at radius 1 is 0.938 bits per heavy atom. The molecule has 0 atom stereocenters. The van der Waals surface area contributed by atoms with E-state index < -0.39 is 5.91 Å². The summed E-state index contributed by atoms with van der Waals surface area (Å²) in [5.74, 6) is 0.568. The van der Waals surface area contributed by atoms with Crippen LogP contribution in [0.5, 0.6) is 5.75 Å². The van der Waals surface area contributed by atoms with Crippen molar-refractivity contribution in [3.8, 4) is 5.75 Å². The molecule has 2 aromatic heterocycles. The first-order valence-electron chi connectivity index (χ1n) is 10.4. The number of fused-ring (bicyclic) bond motifs is 1. The highest BCUT2D eigenvalue weighted by Crippen LogP contribution is 2.22. The van der Waals surface area contributed by atoms with E-state index in [-0.39, 0.29) is 18.3 Å². The van der Waals surface area contributed by atoms with Gasteiger partial charge in [-0.1, -0.05) is 30.3 Å². The number of para-hydroxylation sites is 2. The number of ether oxygens (including phenoxy) is 1. The van der Waals surface area contributed by atoms with Crippen molar-refractivity contribution in [3.05, 3.63) is 83.3 Å². The molecule has 4 rings (SSSR count). The zero-order valence-electron chi connectivity index (χ0n) is 17.4. The van der Waals surface area contributed by atoms with Gasteiger partial charge < -0.3 is 9.15 Å². The second-order valence-electron chi connectivity index (χ2n) is 7.15. The van der Waals surface area contributed by atoms with Crippen LogP contribution in [0.25, 0.3) is 10.2 Å². The summed E-state index contributed by atoms with van der Waals surface area (Å²) in [6, 6.07) is 20.6. The second kappa shape index (κ2) is 10.6. The molecule has 0 bridgehead atoms. The lowest BCUT2D eigenvalue weighted by Gasteiger charge is -2.06. The summed E-state index contributed by atoms with van der Waals surface area (Å²) in [5.41, 5.74) is 5.82. The molecule has 0 aliphatic heterocycles. The maximum atomic E-state index is 12.2. The molecular formula is C24H23N3O4S. The van der Waals surface area contributed by atoms with Crippen molar-refractivity contribution in [3.63, 3.8) is 0 Å². The largest absolute Gasteiger partial charge is 0.486 e. The number of hydrogen-bond acceptors (Lipinski definition) is 6. The van der Waals surface area contributed by atoms with Crippen LogP contribution in [0.1, 0.15) is 40.6 Å². The van der Waals surface area contributed by atoms with Crippen LogP contribution in [-0.4, -0.2) is 16.8 Å². The van der Waals surface area contributed by atoms with Crippen molar-refractivity contribution in [2.75, 3.05) is 0 Å². The first-order chi connectivity index (χ1) is 15.7. The Bertz CT molecular complexity index is 1150. The molecule has 0 saturated carbocycles. The van der Waals surface area contributed by atoms with Gasteiger partial charge in [0.25, 0.3) is 0 Å². The van der Waals surface area contributed by atoms with Gasteiger partial charge in [-0.15, -0.1) is 11.3 Å². The number of unbranched alkanes of at least 4 members (excludes halogenated alkanes) is 1. The Labute approximate surface area is 189 Å². The summed E-state index contributed by atoms with van der Waals surface area (Å²) >= 11 is 1.68. The Morgan fingerprint density at radius 2 is 1.75 bits per heavy atom. The van der Waals surface area contributed by atoms with Crippen molar-refractivity contribution in [1.29, 1.82) is 0 Å². The Hall–Kier alpha value is -3.65. The van der Waals surface area contributed by atoms with E-state index >= 15 is 0 Å². The Kier molecular flexibility index (Phi) is 7.14.